The third-order valence-corrected chi connectivity index (χ3v) is 4.17. The van der Waals surface area contributed by atoms with E-state index in [1.807, 2.05) is 13.8 Å². The molecule has 5 heteroatoms. The molecule has 0 heterocycles. The molecule has 2 rings (SSSR count). The molecule has 1 aromatic rings. The second kappa shape index (κ2) is 5.87. The van der Waals surface area contributed by atoms with Crippen LogP contribution in [-0.4, -0.2) is 18.8 Å². The van der Waals surface area contributed by atoms with Gasteiger partial charge in [-0.3, -0.25) is 0 Å². The van der Waals surface area contributed by atoms with Crippen molar-refractivity contribution >= 4 is 5.69 Å². The lowest BCUT2D eigenvalue weighted by molar-refractivity contribution is -0.108. The lowest BCUT2D eigenvalue weighted by Gasteiger charge is -2.52. The molecule has 0 aromatic heterocycles. The van der Waals surface area contributed by atoms with Crippen LogP contribution < -0.4 is 5.32 Å². The Balaban J connectivity index is 2.01. The number of halogens is 3. The van der Waals surface area contributed by atoms with Crippen molar-refractivity contribution < 1.29 is 17.9 Å². The summed E-state index contributed by atoms with van der Waals surface area (Å²) in [5.74, 6) is -3.33. The Labute approximate surface area is 123 Å². The van der Waals surface area contributed by atoms with Gasteiger partial charge < -0.3 is 10.1 Å². The summed E-state index contributed by atoms with van der Waals surface area (Å²) in [4.78, 5) is 0. The summed E-state index contributed by atoms with van der Waals surface area (Å²) >= 11 is 0. The summed E-state index contributed by atoms with van der Waals surface area (Å²) in [6.07, 6.45) is 0.809. The van der Waals surface area contributed by atoms with Crippen LogP contribution in [-0.2, 0) is 4.74 Å². The Hall–Kier alpha value is -1.23. The SMILES string of the molecule is CC(C)COC1CC(Nc2ccc(F)c(F)c2F)C1(C)C. The van der Waals surface area contributed by atoms with Crippen molar-refractivity contribution in [1.29, 1.82) is 0 Å². The highest BCUT2D eigenvalue weighted by Gasteiger charge is 2.49. The zero-order chi connectivity index (χ0) is 15.8. The van der Waals surface area contributed by atoms with Crippen LogP contribution in [0, 0.1) is 28.8 Å². The molecule has 118 valence electrons. The summed E-state index contributed by atoms with van der Waals surface area (Å²) in [6, 6.07) is 2.12. The van der Waals surface area contributed by atoms with E-state index in [4.69, 9.17) is 4.74 Å². The number of nitrogens with one attached hydrogen (secondary N) is 1. The van der Waals surface area contributed by atoms with Crippen LogP contribution >= 0.6 is 0 Å². The van der Waals surface area contributed by atoms with E-state index in [0.717, 1.165) is 12.5 Å². The van der Waals surface area contributed by atoms with E-state index in [2.05, 4.69) is 19.2 Å². The fourth-order valence-electron chi connectivity index (χ4n) is 2.55. The fraction of sp³-hybridized carbons (Fsp3) is 0.625. The molecule has 1 N–H and O–H groups in total. The molecule has 21 heavy (non-hydrogen) atoms. The minimum Gasteiger partial charge on any atom is -0.379 e. The highest BCUT2D eigenvalue weighted by Crippen LogP contribution is 2.44. The maximum Gasteiger partial charge on any atom is 0.196 e. The topological polar surface area (TPSA) is 21.3 Å². The number of ether oxygens (including phenoxy) is 1. The molecule has 1 saturated carbocycles. The quantitative estimate of drug-likeness (QED) is 0.816. The van der Waals surface area contributed by atoms with Gasteiger partial charge in [-0.05, 0) is 24.5 Å². The molecular weight excluding hydrogens is 279 g/mol. The first kappa shape index (κ1) is 16.1. The van der Waals surface area contributed by atoms with Crippen LogP contribution in [0.15, 0.2) is 12.1 Å². The van der Waals surface area contributed by atoms with Gasteiger partial charge in [0.05, 0.1) is 11.8 Å². The number of benzene rings is 1. The minimum atomic E-state index is -1.44. The van der Waals surface area contributed by atoms with Gasteiger partial charge in [0.2, 0.25) is 0 Å². The van der Waals surface area contributed by atoms with Crippen molar-refractivity contribution in [3.05, 3.63) is 29.6 Å². The fourth-order valence-corrected chi connectivity index (χ4v) is 2.55. The lowest BCUT2D eigenvalue weighted by atomic mass is 9.64. The van der Waals surface area contributed by atoms with Gasteiger partial charge in [-0.2, -0.15) is 0 Å². The maximum absolute atomic E-state index is 13.7. The number of hydrogen-bond acceptors (Lipinski definition) is 2. The van der Waals surface area contributed by atoms with Crippen LogP contribution in [0.5, 0.6) is 0 Å². The second-order valence-electron chi connectivity index (χ2n) is 6.69. The summed E-state index contributed by atoms with van der Waals surface area (Å²) in [5, 5.41) is 2.96. The zero-order valence-corrected chi connectivity index (χ0v) is 12.8. The molecule has 1 aliphatic rings. The number of rotatable bonds is 5. The Bertz CT molecular complexity index is 516. The van der Waals surface area contributed by atoms with Gasteiger partial charge in [0, 0.05) is 18.1 Å². The summed E-state index contributed by atoms with van der Waals surface area (Å²) < 4.78 is 45.7. The first-order chi connectivity index (χ1) is 9.73. The molecule has 2 unspecified atom stereocenters. The van der Waals surface area contributed by atoms with Crippen LogP contribution in [0.1, 0.15) is 34.1 Å². The molecule has 0 spiro atoms. The molecule has 2 nitrogen and oxygen atoms in total. The first-order valence-corrected chi connectivity index (χ1v) is 7.25. The Morgan fingerprint density at radius 3 is 2.48 bits per heavy atom. The van der Waals surface area contributed by atoms with Gasteiger partial charge in [-0.1, -0.05) is 27.7 Å². The maximum atomic E-state index is 13.7. The van der Waals surface area contributed by atoms with E-state index < -0.39 is 17.5 Å². The van der Waals surface area contributed by atoms with E-state index in [0.29, 0.717) is 12.5 Å². The lowest BCUT2D eigenvalue weighted by Crippen LogP contribution is -2.58. The highest BCUT2D eigenvalue weighted by atomic mass is 19.2. The Morgan fingerprint density at radius 1 is 1.24 bits per heavy atom. The first-order valence-electron chi connectivity index (χ1n) is 7.25. The van der Waals surface area contributed by atoms with Crippen LogP contribution in [0.3, 0.4) is 0 Å². The summed E-state index contributed by atoms with van der Waals surface area (Å²) in [6.45, 7) is 8.89. The average Bonchev–Trinajstić information content (AvgIpc) is 2.41. The van der Waals surface area contributed by atoms with Crippen LogP contribution in [0.25, 0.3) is 0 Å². The van der Waals surface area contributed by atoms with Crippen molar-refractivity contribution in [1.82, 2.24) is 0 Å². The zero-order valence-electron chi connectivity index (χ0n) is 12.8. The largest absolute Gasteiger partial charge is 0.379 e. The Morgan fingerprint density at radius 2 is 1.90 bits per heavy atom. The normalized spacial score (nSPS) is 24.0. The van der Waals surface area contributed by atoms with E-state index in [1.54, 1.807) is 0 Å². The molecular formula is C16H22F3NO. The van der Waals surface area contributed by atoms with Gasteiger partial charge in [-0.15, -0.1) is 0 Å². The van der Waals surface area contributed by atoms with Crippen molar-refractivity contribution in [3.8, 4) is 0 Å². The minimum absolute atomic E-state index is 0.00529. The van der Waals surface area contributed by atoms with Crippen molar-refractivity contribution in [2.24, 2.45) is 11.3 Å². The second-order valence-corrected chi connectivity index (χ2v) is 6.69. The van der Waals surface area contributed by atoms with E-state index in [9.17, 15) is 13.2 Å². The molecule has 1 fully saturated rings. The van der Waals surface area contributed by atoms with Gasteiger partial charge in [0.15, 0.2) is 17.5 Å². The molecule has 1 aromatic carbocycles. The van der Waals surface area contributed by atoms with Crippen LogP contribution in [0.4, 0.5) is 18.9 Å². The van der Waals surface area contributed by atoms with Crippen molar-refractivity contribution in [3.63, 3.8) is 0 Å². The Kier molecular flexibility index (Phi) is 4.51. The summed E-state index contributed by atoms with van der Waals surface area (Å²) in [7, 11) is 0. The molecule has 0 amide bonds. The van der Waals surface area contributed by atoms with Gasteiger partial charge >= 0.3 is 0 Å². The third-order valence-electron chi connectivity index (χ3n) is 4.17. The highest BCUT2D eigenvalue weighted by molar-refractivity contribution is 5.47. The summed E-state index contributed by atoms with van der Waals surface area (Å²) in [5.41, 5.74) is -0.194. The molecule has 0 radical (unpaired) electrons. The average molecular weight is 301 g/mol. The molecule has 0 bridgehead atoms. The number of hydrogen-bond donors (Lipinski definition) is 1. The third kappa shape index (κ3) is 3.18. The van der Waals surface area contributed by atoms with Crippen molar-refractivity contribution in [2.45, 2.75) is 46.3 Å². The van der Waals surface area contributed by atoms with Crippen molar-refractivity contribution in [2.75, 3.05) is 11.9 Å². The van der Waals surface area contributed by atoms with E-state index >= 15 is 0 Å². The van der Waals surface area contributed by atoms with Gasteiger partial charge in [-0.25, -0.2) is 13.2 Å². The monoisotopic (exact) mass is 301 g/mol. The van der Waals surface area contributed by atoms with E-state index in [1.165, 1.54) is 6.07 Å². The smallest absolute Gasteiger partial charge is 0.196 e. The van der Waals surface area contributed by atoms with Crippen LogP contribution in [0.2, 0.25) is 0 Å². The molecule has 0 aliphatic heterocycles. The standard InChI is InChI=1S/C16H22F3NO/c1-9(2)8-21-13-7-12(16(13,3)4)20-11-6-5-10(17)14(18)15(11)19/h5-6,9,12-13,20H,7-8H2,1-4H3. The molecule has 2 atom stereocenters. The van der Waals surface area contributed by atoms with Gasteiger partial charge in [0.1, 0.15) is 0 Å². The predicted molar refractivity (Wildman–Crippen MR) is 76.7 cm³/mol. The number of anilines is 1. The van der Waals surface area contributed by atoms with E-state index in [-0.39, 0.29) is 23.2 Å². The molecule has 1 aliphatic carbocycles. The van der Waals surface area contributed by atoms with Gasteiger partial charge in [0.25, 0.3) is 0 Å². The molecule has 0 saturated heterocycles. The predicted octanol–water partition coefficient (Wildman–Crippen LogP) is 4.36.